The van der Waals surface area contributed by atoms with Gasteiger partial charge in [0.25, 0.3) is 0 Å². The van der Waals surface area contributed by atoms with Gasteiger partial charge in [-0.05, 0) is 132 Å². The first kappa shape index (κ1) is 31.3. The molecule has 45 heavy (non-hydrogen) atoms. The molecule has 0 saturated heterocycles. The molecular weight excluding hydrogens is 562 g/mol. The molecule has 230 valence electrons. The highest BCUT2D eigenvalue weighted by Crippen LogP contribution is 2.35. The third kappa shape index (κ3) is 7.01. The standard InChI is InChI=1S/C39H39NO5/c1-22-10-31(17-29-14-25(4)38(43)33(20-29)16-27-6-8-35(41)9-7-27)36(40-45)32(11-22)18-30-15-26(5)39(44)34(21-30)19-28-12-23(2)37(42)24(3)13-28/h6-15,20-21,41-44H,16-19H2,1-5H3. The Hall–Kier alpha value is -5.10. The fraction of sp³-hybridized carbons (Fsp3) is 0.231. The summed E-state index contributed by atoms with van der Waals surface area (Å²) in [6.45, 7) is 9.48. The molecule has 5 rings (SSSR count). The molecule has 0 atom stereocenters. The zero-order valence-corrected chi connectivity index (χ0v) is 26.4. The van der Waals surface area contributed by atoms with Gasteiger partial charge >= 0.3 is 0 Å². The van der Waals surface area contributed by atoms with Crippen LogP contribution >= 0.6 is 0 Å². The number of hydrogen-bond donors (Lipinski definition) is 4. The first-order valence-corrected chi connectivity index (χ1v) is 15.1. The number of benzene rings is 5. The molecule has 5 aromatic carbocycles. The van der Waals surface area contributed by atoms with Gasteiger partial charge in [-0.15, -0.1) is 4.91 Å². The predicted octanol–water partition coefficient (Wildman–Crippen LogP) is 8.81. The summed E-state index contributed by atoms with van der Waals surface area (Å²) in [7, 11) is 0. The zero-order valence-electron chi connectivity index (χ0n) is 26.4. The average molecular weight is 602 g/mol. The van der Waals surface area contributed by atoms with Crippen LogP contribution in [0.4, 0.5) is 5.69 Å². The predicted molar refractivity (Wildman–Crippen MR) is 179 cm³/mol. The van der Waals surface area contributed by atoms with Gasteiger partial charge in [-0.2, -0.15) is 0 Å². The van der Waals surface area contributed by atoms with Crippen LogP contribution in [0.15, 0.2) is 78.0 Å². The number of hydrogen-bond acceptors (Lipinski definition) is 6. The summed E-state index contributed by atoms with van der Waals surface area (Å²) in [5.41, 5.74) is 11.6. The van der Waals surface area contributed by atoms with Crippen molar-refractivity contribution in [2.24, 2.45) is 5.18 Å². The lowest BCUT2D eigenvalue weighted by atomic mass is 9.91. The Morgan fingerprint density at radius 2 is 0.844 bits per heavy atom. The number of aryl methyl sites for hydroxylation is 5. The molecule has 0 amide bonds. The molecule has 6 nitrogen and oxygen atoms in total. The summed E-state index contributed by atoms with van der Waals surface area (Å²) in [5.74, 6) is 0.958. The molecule has 0 aliphatic heterocycles. The van der Waals surface area contributed by atoms with E-state index in [2.05, 4.69) is 5.18 Å². The van der Waals surface area contributed by atoms with E-state index in [4.69, 9.17) is 0 Å². The first-order chi connectivity index (χ1) is 21.4. The summed E-state index contributed by atoms with van der Waals surface area (Å²) in [6.07, 6.45) is 1.95. The lowest BCUT2D eigenvalue weighted by Crippen LogP contribution is -2.00. The van der Waals surface area contributed by atoms with E-state index in [1.165, 1.54) is 0 Å². The molecule has 5 aromatic rings. The van der Waals surface area contributed by atoms with Gasteiger partial charge in [-0.25, -0.2) is 0 Å². The molecular formula is C39H39NO5. The average Bonchev–Trinajstić information content (AvgIpc) is 2.98. The number of aromatic hydroxyl groups is 4. The van der Waals surface area contributed by atoms with E-state index in [-0.39, 0.29) is 23.0 Å². The summed E-state index contributed by atoms with van der Waals surface area (Å²) in [6, 6.07) is 22.6. The summed E-state index contributed by atoms with van der Waals surface area (Å²) >= 11 is 0. The number of nitroso groups, excluding NO2 is 1. The highest BCUT2D eigenvalue weighted by molar-refractivity contribution is 5.59. The minimum atomic E-state index is 0.193. The van der Waals surface area contributed by atoms with E-state index in [9.17, 15) is 25.3 Å². The third-order valence-corrected chi connectivity index (χ3v) is 8.45. The van der Waals surface area contributed by atoms with Crippen LogP contribution in [-0.2, 0) is 25.7 Å². The van der Waals surface area contributed by atoms with Gasteiger partial charge in [0.2, 0.25) is 0 Å². The van der Waals surface area contributed by atoms with Gasteiger partial charge in [-0.3, -0.25) is 0 Å². The van der Waals surface area contributed by atoms with Gasteiger partial charge in [0.05, 0.1) is 0 Å². The fourth-order valence-electron chi connectivity index (χ4n) is 6.30. The quantitative estimate of drug-likeness (QED) is 0.126. The lowest BCUT2D eigenvalue weighted by molar-refractivity contribution is 0.464. The van der Waals surface area contributed by atoms with Crippen molar-refractivity contribution in [3.05, 3.63) is 150 Å². The minimum absolute atomic E-state index is 0.193. The summed E-state index contributed by atoms with van der Waals surface area (Å²) in [4.78, 5) is 12.3. The molecule has 0 aliphatic carbocycles. The van der Waals surface area contributed by atoms with E-state index >= 15 is 0 Å². The zero-order chi connectivity index (χ0) is 32.4. The molecule has 0 heterocycles. The van der Waals surface area contributed by atoms with Gasteiger partial charge < -0.3 is 20.4 Å². The molecule has 0 saturated carbocycles. The normalized spacial score (nSPS) is 11.1. The Labute approximate surface area is 264 Å². The van der Waals surface area contributed by atoms with Crippen LogP contribution in [0.1, 0.15) is 72.3 Å². The Balaban J connectivity index is 1.46. The maximum atomic E-state index is 12.3. The van der Waals surface area contributed by atoms with Gasteiger partial charge in [0.1, 0.15) is 28.7 Å². The Bertz CT molecular complexity index is 1880. The number of nitrogens with zero attached hydrogens (tertiary/aromatic N) is 1. The van der Waals surface area contributed by atoms with Crippen LogP contribution in [0.25, 0.3) is 0 Å². The van der Waals surface area contributed by atoms with Crippen LogP contribution in [0, 0.1) is 39.5 Å². The van der Waals surface area contributed by atoms with E-state index in [1.807, 2.05) is 95.3 Å². The molecule has 4 N–H and O–H groups in total. The summed E-state index contributed by atoms with van der Waals surface area (Å²) in [5, 5.41) is 45.1. The van der Waals surface area contributed by atoms with Crippen LogP contribution in [-0.4, -0.2) is 20.4 Å². The van der Waals surface area contributed by atoms with Crippen molar-refractivity contribution in [2.75, 3.05) is 0 Å². The van der Waals surface area contributed by atoms with Crippen molar-refractivity contribution in [3.8, 4) is 23.0 Å². The SMILES string of the molecule is Cc1cc(Cc2cc(C)c(O)c(Cc3ccc(O)cc3)c2)c(N=O)c(Cc2cc(C)c(O)c(Cc3cc(C)c(O)c(C)c3)c2)c1. The van der Waals surface area contributed by atoms with E-state index in [1.54, 1.807) is 12.1 Å². The highest BCUT2D eigenvalue weighted by atomic mass is 16.3. The molecule has 0 unspecified atom stereocenters. The highest BCUT2D eigenvalue weighted by Gasteiger charge is 2.17. The topological polar surface area (TPSA) is 110 Å². The second-order valence-corrected chi connectivity index (χ2v) is 12.3. The number of phenolic OH excluding ortho intramolecular Hbond substituents is 4. The Morgan fingerprint density at radius 3 is 1.29 bits per heavy atom. The van der Waals surface area contributed by atoms with Crippen molar-refractivity contribution in [3.63, 3.8) is 0 Å². The van der Waals surface area contributed by atoms with Crippen LogP contribution in [0.3, 0.4) is 0 Å². The molecule has 0 bridgehead atoms. The first-order valence-electron chi connectivity index (χ1n) is 15.1. The lowest BCUT2D eigenvalue weighted by Gasteiger charge is -2.16. The van der Waals surface area contributed by atoms with Crippen molar-refractivity contribution in [1.82, 2.24) is 0 Å². The third-order valence-electron chi connectivity index (χ3n) is 8.45. The van der Waals surface area contributed by atoms with E-state index < -0.39 is 0 Å². The second-order valence-electron chi connectivity index (χ2n) is 12.3. The van der Waals surface area contributed by atoms with Crippen molar-refractivity contribution >= 4 is 5.69 Å². The second kappa shape index (κ2) is 12.9. The molecule has 0 fully saturated rings. The van der Waals surface area contributed by atoms with E-state index in [0.717, 1.165) is 72.3 Å². The molecule has 0 radical (unpaired) electrons. The summed E-state index contributed by atoms with van der Waals surface area (Å²) < 4.78 is 0. The fourth-order valence-corrected chi connectivity index (χ4v) is 6.30. The molecule has 0 spiro atoms. The minimum Gasteiger partial charge on any atom is -0.508 e. The van der Waals surface area contributed by atoms with Gasteiger partial charge in [0, 0.05) is 12.8 Å². The van der Waals surface area contributed by atoms with Crippen molar-refractivity contribution < 1.29 is 20.4 Å². The molecule has 6 heteroatoms. The van der Waals surface area contributed by atoms with Crippen LogP contribution < -0.4 is 0 Å². The number of phenols is 4. The molecule has 0 aromatic heterocycles. The largest absolute Gasteiger partial charge is 0.508 e. The van der Waals surface area contributed by atoms with Crippen molar-refractivity contribution in [1.29, 1.82) is 0 Å². The van der Waals surface area contributed by atoms with Crippen molar-refractivity contribution in [2.45, 2.75) is 60.3 Å². The van der Waals surface area contributed by atoms with E-state index in [0.29, 0.717) is 31.4 Å². The van der Waals surface area contributed by atoms with Gasteiger partial charge in [0.15, 0.2) is 0 Å². The van der Waals surface area contributed by atoms with Crippen LogP contribution in [0.2, 0.25) is 0 Å². The monoisotopic (exact) mass is 601 g/mol. The molecule has 0 aliphatic rings. The Kier molecular flexibility index (Phi) is 8.96. The maximum Gasteiger partial charge on any atom is 0.122 e. The maximum absolute atomic E-state index is 12.3. The van der Waals surface area contributed by atoms with Gasteiger partial charge in [-0.1, -0.05) is 66.2 Å². The smallest absolute Gasteiger partial charge is 0.122 e. The van der Waals surface area contributed by atoms with Crippen LogP contribution in [0.5, 0.6) is 23.0 Å². The Morgan fingerprint density at radius 1 is 0.467 bits per heavy atom. The number of rotatable bonds is 9.